The van der Waals surface area contributed by atoms with E-state index in [0.29, 0.717) is 6.41 Å². The molecule has 7 heteroatoms. The number of carbonyl (C=O) groups excluding carboxylic acids is 1. The molecule has 0 aliphatic carbocycles. The van der Waals surface area contributed by atoms with Crippen LogP contribution in [0.15, 0.2) is 36.5 Å². The van der Waals surface area contributed by atoms with Crippen molar-refractivity contribution in [3.05, 3.63) is 42.1 Å². The van der Waals surface area contributed by atoms with E-state index in [0.717, 1.165) is 16.4 Å². The maximum Gasteiger partial charge on any atom is 0.233 e. The normalized spacial score (nSPS) is 20.5. The molecule has 1 N–H and O–H groups in total. The van der Waals surface area contributed by atoms with E-state index < -0.39 is 5.06 Å². The highest BCUT2D eigenvalue weighted by molar-refractivity contribution is 6.24. The zero-order valence-corrected chi connectivity index (χ0v) is 11.7. The molecule has 1 aliphatic rings. The van der Waals surface area contributed by atoms with Gasteiger partial charge in [0, 0.05) is 6.20 Å². The van der Waals surface area contributed by atoms with E-state index in [-0.39, 0.29) is 13.2 Å². The molecule has 20 heavy (non-hydrogen) atoms. The molecule has 0 aromatic heterocycles. The largest absolute Gasteiger partial charge is 0.497 e. The van der Waals surface area contributed by atoms with Crippen molar-refractivity contribution in [3.8, 4) is 5.75 Å². The predicted molar refractivity (Wildman–Crippen MR) is 72.5 cm³/mol. The number of benzene rings is 1. The molecular formula is C13H15ClN2O4. The van der Waals surface area contributed by atoms with Crippen molar-refractivity contribution in [3.63, 3.8) is 0 Å². The zero-order valence-electron chi connectivity index (χ0n) is 10.9. The highest BCUT2D eigenvalue weighted by Gasteiger charge is 2.32. The van der Waals surface area contributed by atoms with Crippen LogP contribution < -0.4 is 10.2 Å². The van der Waals surface area contributed by atoms with E-state index in [2.05, 4.69) is 5.48 Å². The van der Waals surface area contributed by atoms with E-state index >= 15 is 0 Å². The Balaban J connectivity index is 1.86. The molecule has 1 amide bonds. The molecule has 0 fully saturated rings. The molecule has 0 bridgehead atoms. The van der Waals surface area contributed by atoms with Crippen LogP contribution in [0.2, 0.25) is 0 Å². The summed E-state index contributed by atoms with van der Waals surface area (Å²) in [6, 6.07) is 7.34. The highest BCUT2D eigenvalue weighted by atomic mass is 35.5. The second-order valence-corrected chi connectivity index (χ2v) is 4.78. The number of methoxy groups -OCH3 is 1. The van der Waals surface area contributed by atoms with Gasteiger partial charge in [-0.1, -0.05) is 23.7 Å². The number of alkyl halides is 1. The van der Waals surface area contributed by atoms with Crippen LogP contribution >= 0.6 is 11.6 Å². The van der Waals surface area contributed by atoms with E-state index in [1.807, 2.05) is 24.3 Å². The van der Waals surface area contributed by atoms with Crippen LogP contribution in [0.3, 0.4) is 0 Å². The minimum Gasteiger partial charge on any atom is -0.497 e. The van der Waals surface area contributed by atoms with Gasteiger partial charge in [0.2, 0.25) is 11.5 Å². The van der Waals surface area contributed by atoms with Gasteiger partial charge in [0.25, 0.3) is 0 Å². The van der Waals surface area contributed by atoms with Crippen molar-refractivity contribution in [1.82, 2.24) is 10.5 Å². The number of rotatable bonds is 7. The molecular weight excluding hydrogens is 284 g/mol. The van der Waals surface area contributed by atoms with Gasteiger partial charge in [-0.15, -0.1) is 0 Å². The highest BCUT2D eigenvalue weighted by Crippen LogP contribution is 2.23. The number of hydroxylamine groups is 3. The molecule has 0 spiro atoms. The number of nitrogens with zero attached hydrogens (tertiary/aromatic N) is 1. The topological polar surface area (TPSA) is 60.0 Å². The third-order valence-electron chi connectivity index (χ3n) is 2.67. The van der Waals surface area contributed by atoms with Crippen LogP contribution in [-0.2, 0) is 21.1 Å². The average Bonchev–Trinajstić information content (AvgIpc) is 2.90. The van der Waals surface area contributed by atoms with Gasteiger partial charge >= 0.3 is 0 Å². The van der Waals surface area contributed by atoms with Gasteiger partial charge in [-0.2, -0.15) is 0 Å². The molecule has 0 saturated carbocycles. The van der Waals surface area contributed by atoms with E-state index in [1.165, 1.54) is 0 Å². The molecule has 1 heterocycles. The van der Waals surface area contributed by atoms with Crippen LogP contribution in [0.25, 0.3) is 0 Å². The molecule has 0 saturated heterocycles. The molecule has 1 aromatic rings. The predicted octanol–water partition coefficient (Wildman–Crippen LogP) is 1.57. The van der Waals surface area contributed by atoms with Crippen LogP contribution in [0, 0.1) is 0 Å². The smallest absolute Gasteiger partial charge is 0.233 e. The Morgan fingerprint density at radius 2 is 2.20 bits per heavy atom. The average molecular weight is 299 g/mol. The third kappa shape index (κ3) is 3.86. The summed E-state index contributed by atoms with van der Waals surface area (Å²) in [6.45, 7) is 0.310. The molecule has 2 rings (SSSR count). The first-order valence-electron chi connectivity index (χ1n) is 5.93. The maximum atomic E-state index is 11.0. The van der Waals surface area contributed by atoms with Crippen molar-refractivity contribution >= 4 is 18.0 Å². The standard InChI is InChI=1S/C13H15ClN2O4/c1-18-12-4-2-11(3-5-12)8-19-16(10-17)9-13(14)6-7-15-20-13/h2-7,10,15H,8-9H2,1H3. The summed E-state index contributed by atoms with van der Waals surface area (Å²) >= 11 is 6.10. The van der Waals surface area contributed by atoms with E-state index in [9.17, 15) is 4.79 Å². The fourth-order valence-electron chi connectivity index (χ4n) is 1.61. The maximum absolute atomic E-state index is 11.0. The fourth-order valence-corrected chi connectivity index (χ4v) is 1.84. The molecule has 108 valence electrons. The van der Waals surface area contributed by atoms with Crippen LogP contribution in [0.5, 0.6) is 5.75 Å². The van der Waals surface area contributed by atoms with Gasteiger partial charge in [-0.3, -0.25) is 15.1 Å². The van der Waals surface area contributed by atoms with Gasteiger partial charge in [-0.05, 0) is 23.8 Å². The molecule has 1 unspecified atom stereocenters. The SMILES string of the molecule is COc1ccc(CON(C=O)CC2(Cl)C=CNO2)cc1. The number of nitrogens with one attached hydrogen (secondary N) is 1. The second-order valence-electron chi connectivity index (χ2n) is 4.14. The third-order valence-corrected chi connectivity index (χ3v) is 3.00. The Kier molecular flexibility index (Phi) is 4.84. The van der Waals surface area contributed by atoms with Crippen molar-refractivity contribution < 1.29 is 19.2 Å². The first-order chi connectivity index (χ1) is 9.65. The summed E-state index contributed by atoms with van der Waals surface area (Å²) < 4.78 is 5.06. The van der Waals surface area contributed by atoms with Gasteiger partial charge in [0.1, 0.15) is 12.4 Å². The Labute approximate surface area is 121 Å². The summed E-state index contributed by atoms with van der Waals surface area (Å²) in [7, 11) is 1.60. The molecule has 1 aliphatic heterocycles. The minimum absolute atomic E-state index is 0.0672. The minimum atomic E-state index is -1.11. The first-order valence-corrected chi connectivity index (χ1v) is 6.31. The monoisotopic (exact) mass is 298 g/mol. The quantitative estimate of drug-likeness (QED) is 0.470. The summed E-state index contributed by atoms with van der Waals surface area (Å²) in [5.41, 5.74) is 3.41. The molecule has 1 aromatic carbocycles. The van der Waals surface area contributed by atoms with Crippen molar-refractivity contribution in [2.24, 2.45) is 0 Å². The zero-order chi connectivity index (χ0) is 14.4. The fraction of sp³-hybridized carbons (Fsp3) is 0.308. The van der Waals surface area contributed by atoms with E-state index in [1.54, 1.807) is 19.4 Å². The van der Waals surface area contributed by atoms with Crippen molar-refractivity contribution in [2.45, 2.75) is 11.7 Å². The lowest BCUT2D eigenvalue weighted by Crippen LogP contribution is -2.38. The van der Waals surface area contributed by atoms with Gasteiger partial charge in [0.05, 0.1) is 13.7 Å². The van der Waals surface area contributed by atoms with Crippen LogP contribution in [0.1, 0.15) is 5.56 Å². The Hall–Kier alpha value is -1.76. The summed E-state index contributed by atoms with van der Waals surface area (Å²) in [4.78, 5) is 21.4. The lowest BCUT2D eigenvalue weighted by molar-refractivity contribution is -0.189. The molecule has 1 atom stereocenters. The number of ether oxygens (including phenoxy) is 1. The Morgan fingerprint density at radius 3 is 2.75 bits per heavy atom. The van der Waals surface area contributed by atoms with Crippen molar-refractivity contribution in [2.75, 3.05) is 13.7 Å². The number of carbonyl (C=O) groups is 1. The number of hydrogen-bond acceptors (Lipinski definition) is 5. The lowest BCUT2D eigenvalue weighted by atomic mass is 10.2. The summed E-state index contributed by atoms with van der Waals surface area (Å²) in [5, 5.41) is -0.0185. The molecule has 0 radical (unpaired) electrons. The van der Waals surface area contributed by atoms with Crippen LogP contribution in [-0.4, -0.2) is 30.2 Å². The lowest BCUT2D eigenvalue weighted by Gasteiger charge is -2.24. The Morgan fingerprint density at radius 1 is 1.45 bits per heavy atom. The number of amides is 1. The van der Waals surface area contributed by atoms with E-state index in [4.69, 9.17) is 26.0 Å². The van der Waals surface area contributed by atoms with Crippen LogP contribution in [0.4, 0.5) is 0 Å². The Bertz CT molecular complexity index is 480. The second kappa shape index (κ2) is 6.60. The summed E-state index contributed by atoms with van der Waals surface area (Å²) in [6.07, 6.45) is 3.71. The van der Waals surface area contributed by atoms with Crippen molar-refractivity contribution in [1.29, 1.82) is 0 Å². The number of halogens is 1. The number of hydrogen-bond donors (Lipinski definition) is 1. The molecule has 6 nitrogen and oxygen atoms in total. The van der Waals surface area contributed by atoms with Gasteiger partial charge in [0.15, 0.2) is 0 Å². The van der Waals surface area contributed by atoms with Gasteiger partial charge in [-0.25, -0.2) is 9.90 Å². The first kappa shape index (κ1) is 14.6. The van der Waals surface area contributed by atoms with Gasteiger partial charge < -0.3 is 4.74 Å². The summed E-state index contributed by atoms with van der Waals surface area (Å²) in [5.74, 6) is 0.760.